The maximum absolute atomic E-state index is 12.9. The normalized spacial score (nSPS) is 16.9. The number of nitriles is 1. The van der Waals surface area contributed by atoms with Crippen LogP contribution in [0.2, 0.25) is 0 Å². The van der Waals surface area contributed by atoms with Crippen molar-refractivity contribution in [1.82, 2.24) is 8.61 Å². The maximum atomic E-state index is 12.9. The fourth-order valence-electron chi connectivity index (χ4n) is 3.06. The van der Waals surface area contributed by atoms with E-state index in [1.807, 2.05) is 6.07 Å². The topological polar surface area (TPSA) is 98.5 Å². The molecule has 2 aromatic rings. The first-order valence-corrected chi connectivity index (χ1v) is 11.5. The highest BCUT2D eigenvalue weighted by atomic mass is 32.2. The first kappa shape index (κ1) is 22.2. The molecular weight excluding hydrogens is 443 g/mol. The van der Waals surface area contributed by atoms with Crippen LogP contribution in [0, 0.1) is 11.3 Å². The minimum atomic E-state index is -4.69. The molecule has 160 valence electrons. The van der Waals surface area contributed by atoms with E-state index in [9.17, 15) is 30.0 Å². The van der Waals surface area contributed by atoms with Gasteiger partial charge in [0.05, 0.1) is 20.9 Å². The molecule has 1 saturated heterocycles. The summed E-state index contributed by atoms with van der Waals surface area (Å²) in [6.45, 7) is -0.848. The van der Waals surface area contributed by atoms with Crippen LogP contribution in [0.1, 0.15) is 11.1 Å². The molecule has 0 unspecified atom stereocenters. The Kier molecular flexibility index (Phi) is 5.92. The summed E-state index contributed by atoms with van der Waals surface area (Å²) in [7, 11) is -8.26. The third kappa shape index (κ3) is 4.20. The zero-order chi connectivity index (χ0) is 22.2. The van der Waals surface area contributed by atoms with Crippen molar-refractivity contribution in [3.05, 3.63) is 59.7 Å². The van der Waals surface area contributed by atoms with E-state index >= 15 is 0 Å². The van der Waals surface area contributed by atoms with Gasteiger partial charge in [-0.2, -0.15) is 27.0 Å². The predicted molar refractivity (Wildman–Crippen MR) is 100 cm³/mol. The van der Waals surface area contributed by atoms with Crippen molar-refractivity contribution in [3.63, 3.8) is 0 Å². The van der Waals surface area contributed by atoms with Crippen molar-refractivity contribution in [3.8, 4) is 6.07 Å². The van der Waals surface area contributed by atoms with Gasteiger partial charge < -0.3 is 0 Å². The Morgan fingerprint density at radius 2 is 1.40 bits per heavy atom. The molecule has 0 spiro atoms. The van der Waals surface area contributed by atoms with Gasteiger partial charge in [0.2, 0.25) is 20.0 Å². The average molecular weight is 459 g/mol. The third-order valence-corrected chi connectivity index (χ3v) is 8.47. The molecule has 0 aliphatic carbocycles. The van der Waals surface area contributed by atoms with E-state index < -0.39 is 36.7 Å². The van der Waals surface area contributed by atoms with Gasteiger partial charge in [0, 0.05) is 26.2 Å². The van der Waals surface area contributed by atoms with E-state index in [4.69, 9.17) is 5.26 Å². The third-order valence-electron chi connectivity index (χ3n) is 4.62. The molecule has 0 N–H and O–H groups in total. The SMILES string of the molecule is N#Cc1ccccc1S(=O)(=O)N1CCN(S(=O)(=O)c2cccc(C(F)(F)F)c2)CC1. The molecule has 30 heavy (non-hydrogen) atoms. The fourth-order valence-corrected chi connectivity index (χ4v) is 6.09. The summed E-state index contributed by atoms with van der Waals surface area (Å²) in [6, 6.07) is 10.9. The first-order valence-electron chi connectivity index (χ1n) is 8.64. The van der Waals surface area contributed by atoms with Crippen LogP contribution in [-0.4, -0.2) is 51.6 Å². The average Bonchev–Trinajstić information content (AvgIpc) is 2.73. The lowest BCUT2D eigenvalue weighted by Crippen LogP contribution is -2.50. The van der Waals surface area contributed by atoms with Gasteiger partial charge in [-0.25, -0.2) is 16.8 Å². The molecule has 0 atom stereocenters. The van der Waals surface area contributed by atoms with Gasteiger partial charge in [0.25, 0.3) is 0 Å². The van der Waals surface area contributed by atoms with E-state index in [-0.39, 0.29) is 36.6 Å². The first-order chi connectivity index (χ1) is 14.0. The smallest absolute Gasteiger partial charge is 0.207 e. The van der Waals surface area contributed by atoms with Gasteiger partial charge in [-0.05, 0) is 30.3 Å². The van der Waals surface area contributed by atoms with Crippen molar-refractivity contribution in [2.24, 2.45) is 0 Å². The van der Waals surface area contributed by atoms with Gasteiger partial charge in [0.1, 0.15) is 6.07 Å². The lowest BCUT2D eigenvalue weighted by molar-refractivity contribution is -0.137. The Balaban J connectivity index is 1.81. The highest BCUT2D eigenvalue weighted by Gasteiger charge is 2.36. The maximum Gasteiger partial charge on any atom is 0.416 e. The van der Waals surface area contributed by atoms with Crippen molar-refractivity contribution < 1.29 is 30.0 Å². The molecule has 0 saturated carbocycles. The van der Waals surface area contributed by atoms with Crippen molar-refractivity contribution in [2.75, 3.05) is 26.2 Å². The molecule has 7 nitrogen and oxygen atoms in total. The number of hydrogen-bond acceptors (Lipinski definition) is 5. The second kappa shape index (κ2) is 7.99. The molecule has 1 aliphatic rings. The molecule has 1 fully saturated rings. The Morgan fingerprint density at radius 3 is 1.97 bits per heavy atom. The number of alkyl halides is 3. The summed E-state index contributed by atoms with van der Waals surface area (Å²) < 4.78 is 91.8. The molecule has 1 heterocycles. The standard InChI is InChI=1S/C18H16F3N3O4S2/c19-18(20,21)15-5-3-6-16(12-15)29(25,26)23-8-10-24(11-9-23)30(27,28)17-7-2-1-4-14(17)13-22/h1-7,12H,8-11H2. The summed E-state index contributed by atoms with van der Waals surface area (Å²) in [6.07, 6.45) is -4.69. The van der Waals surface area contributed by atoms with E-state index in [2.05, 4.69) is 0 Å². The molecule has 12 heteroatoms. The van der Waals surface area contributed by atoms with Gasteiger partial charge in [-0.1, -0.05) is 18.2 Å². The number of benzene rings is 2. The van der Waals surface area contributed by atoms with Crippen molar-refractivity contribution in [2.45, 2.75) is 16.0 Å². The van der Waals surface area contributed by atoms with Crippen LogP contribution in [0.3, 0.4) is 0 Å². The summed E-state index contributed by atoms with van der Waals surface area (Å²) in [5.41, 5.74) is -1.12. The van der Waals surface area contributed by atoms with Crippen LogP contribution in [-0.2, 0) is 26.2 Å². The molecule has 0 aromatic heterocycles. The quantitative estimate of drug-likeness (QED) is 0.699. The van der Waals surface area contributed by atoms with Gasteiger partial charge in [-0.15, -0.1) is 0 Å². The predicted octanol–water partition coefficient (Wildman–Crippen LogP) is 2.27. The number of piperazine rings is 1. The highest BCUT2D eigenvalue weighted by Crippen LogP contribution is 2.31. The minimum absolute atomic E-state index is 0.0310. The summed E-state index contributed by atoms with van der Waals surface area (Å²) in [5, 5.41) is 9.13. The van der Waals surface area contributed by atoms with Crippen LogP contribution in [0.4, 0.5) is 13.2 Å². The van der Waals surface area contributed by atoms with Crippen molar-refractivity contribution in [1.29, 1.82) is 5.26 Å². The molecule has 3 rings (SSSR count). The number of nitrogens with zero attached hydrogens (tertiary/aromatic N) is 3. The summed E-state index contributed by atoms with van der Waals surface area (Å²) >= 11 is 0. The Morgan fingerprint density at radius 1 is 0.833 bits per heavy atom. The molecule has 2 aromatic carbocycles. The second-order valence-corrected chi connectivity index (χ2v) is 10.3. The lowest BCUT2D eigenvalue weighted by Gasteiger charge is -2.33. The van der Waals surface area contributed by atoms with Gasteiger partial charge in [-0.3, -0.25) is 0 Å². The molecule has 1 aliphatic heterocycles. The Bertz CT molecular complexity index is 1200. The lowest BCUT2D eigenvalue weighted by atomic mass is 10.2. The fraction of sp³-hybridized carbons (Fsp3) is 0.278. The minimum Gasteiger partial charge on any atom is -0.207 e. The van der Waals surface area contributed by atoms with E-state index in [0.29, 0.717) is 6.07 Å². The van der Waals surface area contributed by atoms with Crippen LogP contribution < -0.4 is 0 Å². The summed E-state index contributed by atoms with van der Waals surface area (Å²) in [5.74, 6) is 0. The van der Waals surface area contributed by atoms with Crippen LogP contribution in [0.15, 0.2) is 58.3 Å². The summed E-state index contributed by atoms with van der Waals surface area (Å²) in [4.78, 5) is -0.690. The van der Waals surface area contributed by atoms with E-state index in [0.717, 1.165) is 26.8 Å². The van der Waals surface area contributed by atoms with Crippen molar-refractivity contribution >= 4 is 20.0 Å². The highest BCUT2D eigenvalue weighted by molar-refractivity contribution is 7.89. The second-order valence-electron chi connectivity index (χ2n) is 6.44. The number of halogens is 3. The molecule has 0 radical (unpaired) electrons. The number of sulfonamides is 2. The molecule has 0 bridgehead atoms. The Labute approximate surface area is 172 Å². The number of rotatable bonds is 4. The zero-order valence-corrected chi connectivity index (χ0v) is 17.0. The largest absolute Gasteiger partial charge is 0.416 e. The molecular formula is C18H16F3N3O4S2. The van der Waals surface area contributed by atoms with Crippen LogP contribution >= 0.6 is 0 Å². The van der Waals surface area contributed by atoms with Gasteiger partial charge >= 0.3 is 6.18 Å². The zero-order valence-electron chi connectivity index (χ0n) is 15.4. The van der Waals surface area contributed by atoms with Gasteiger partial charge in [0.15, 0.2) is 0 Å². The monoisotopic (exact) mass is 459 g/mol. The Hall–Kier alpha value is -2.46. The van der Waals surface area contributed by atoms with E-state index in [1.165, 1.54) is 24.3 Å². The van der Waals surface area contributed by atoms with Crippen LogP contribution in [0.25, 0.3) is 0 Å². The molecule has 0 amide bonds. The van der Waals surface area contributed by atoms with E-state index in [1.54, 1.807) is 0 Å². The van der Waals surface area contributed by atoms with Crippen LogP contribution in [0.5, 0.6) is 0 Å². The number of hydrogen-bond donors (Lipinski definition) is 0.